The molecule has 1 aliphatic rings. The minimum Gasteiger partial charge on any atom is -0.462 e. The molecular weight excluding hydrogens is 152 g/mol. The average molecular weight is 169 g/mol. The predicted octanol–water partition coefficient (Wildman–Crippen LogP) is 2.33. The fourth-order valence-electron chi connectivity index (χ4n) is 1.63. The van der Waals surface area contributed by atoms with E-state index in [1.807, 2.05) is 0 Å². The van der Waals surface area contributed by atoms with Crippen LogP contribution in [0.1, 0.15) is 39.0 Å². The summed E-state index contributed by atoms with van der Waals surface area (Å²) >= 11 is 0. The van der Waals surface area contributed by atoms with E-state index in [1.54, 1.807) is 6.92 Å². The van der Waals surface area contributed by atoms with Crippen molar-refractivity contribution in [1.82, 2.24) is 0 Å². The second-order valence-corrected chi connectivity index (χ2v) is 3.58. The lowest BCUT2D eigenvalue weighted by molar-refractivity contribution is -0.152. The first-order valence-electron chi connectivity index (χ1n) is 4.73. The molecule has 1 aliphatic carbocycles. The number of hydrogen-bond acceptors (Lipinski definition) is 2. The molecule has 1 atom stereocenters. The predicted molar refractivity (Wildman–Crippen MR) is 47.5 cm³/mol. The summed E-state index contributed by atoms with van der Waals surface area (Å²) in [6.07, 6.45) is 5.41. The Labute approximate surface area is 74.3 Å². The molecule has 0 aromatic rings. The van der Waals surface area contributed by atoms with Gasteiger partial charge in [-0.25, -0.2) is 0 Å². The van der Waals surface area contributed by atoms with Crippen LogP contribution in [0, 0.1) is 12.8 Å². The van der Waals surface area contributed by atoms with Crippen LogP contribution in [0.2, 0.25) is 0 Å². The summed E-state index contributed by atoms with van der Waals surface area (Å²) in [6, 6.07) is 0. The highest BCUT2D eigenvalue weighted by atomic mass is 16.5. The fraction of sp³-hybridized carbons (Fsp3) is 0.800. The molecule has 0 unspecified atom stereocenters. The maximum atomic E-state index is 11.3. The maximum Gasteiger partial charge on any atom is 0.309 e. The Hall–Kier alpha value is -0.530. The third kappa shape index (κ3) is 2.84. The van der Waals surface area contributed by atoms with Gasteiger partial charge in [0.25, 0.3) is 0 Å². The molecule has 0 saturated heterocycles. The topological polar surface area (TPSA) is 26.3 Å². The highest BCUT2D eigenvalue weighted by Gasteiger charge is 2.22. The van der Waals surface area contributed by atoms with Crippen LogP contribution in [0.4, 0.5) is 0 Å². The van der Waals surface area contributed by atoms with Gasteiger partial charge in [-0.15, -0.1) is 0 Å². The SMILES string of the molecule is [CH2][C@@H](C)OC(=O)C1CCCCC1. The molecule has 0 amide bonds. The van der Waals surface area contributed by atoms with E-state index in [9.17, 15) is 4.79 Å². The van der Waals surface area contributed by atoms with Gasteiger partial charge in [0.15, 0.2) is 0 Å². The quantitative estimate of drug-likeness (QED) is 0.593. The Balaban J connectivity index is 2.30. The van der Waals surface area contributed by atoms with Crippen LogP contribution in [-0.4, -0.2) is 12.1 Å². The third-order valence-electron chi connectivity index (χ3n) is 2.26. The summed E-state index contributed by atoms with van der Waals surface area (Å²) in [5, 5.41) is 0. The van der Waals surface area contributed by atoms with Crippen LogP contribution >= 0.6 is 0 Å². The van der Waals surface area contributed by atoms with Crippen molar-refractivity contribution in [3.05, 3.63) is 6.92 Å². The summed E-state index contributed by atoms with van der Waals surface area (Å²) in [4.78, 5) is 11.3. The Morgan fingerprint density at radius 3 is 2.50 bits per heavy atom. The molecule has 12 heavy (non-hydrogen) atoms. The Morgan fingerprint density at radius 1 is 1.42 bits per heavy atom. The standard InChI is InChI=1S/C10H17O2/c1-8(2)12-10(11)9-6-4-3-5-7-9/h8-9H,1,3-7H2,2H3/t8-/m0/s1. The van der Waals surface area contributed by atoms with Gasteiger partial charge in [-0.05, 0) is 26.7 Å². The molecule has 1 radical (unpaired) electrons. The molecule has 0 aromatic carbocycles. The van der Waals surface area contributed by atoms with Gasteiger partial charge < -0.3 is 4.74 Å². The van der Waals surface area contributed by atoms with E-state index in [-0.39, 0.29) is 18.0 Å². The minimum atomic E-state index is -0.209. The van der Waals surface area contributed by atoms with Crippen molar-refractivity contribution in [2.24, 2.45) is 5.92 Å². The lowest BCUT2D eigenvalue weighted by atomic mass is 9.89. The molecule has 1 fully saturated rings. The van der Waals surface area contributed by atoms with Gasteiger partial charge in [0.2, 0.25) is 0 Å². The van der Waals surface area contributed by atoms with Gasteiger partial charge in [0, 0.05) is 0 Å². The van der Waals surface area contributed by atoms with Crippen LogP contribution < -0.4 is 0 Å². The van der Waals surface area contributed by atoms with Crippen molar-refractivity contribution in [3.8, 4) is 0 Å². The van der Waals surface area contributed by atoms with E-state index < -0.39 is 0 Å². The first-order valence-corrected chi connectivity index (χ1v) is 4.73. The lowest BCUT2D eigenvalue weighted by Gasteiger charge is -2.20. The van der Waals surface area contributed by atoms with Crippen molar-refractivity contribution in [2.45, 2.75) is 45.1 Å². The largest absolute Gasteiger partial charge is 0.462 e. The van der Waals surface area contributed by atoms with Crippen molar-refractivity contribution in [1.29, 1.82) is 0 Å². The van der Waals surface area contributed by atoms with Crippen molar-refractivity contribution in [3.63, 3.8) is 0 Å². The molecule has 0 N–H and O–H groups in total. The molecule has 0 aromatic heterocycles. The maximum absolute atomic E-state index is 11.3. The second-order valence-electron chi connectivity index (χ2n) is 3.58. The zero-order valence-electron chi connectivity index (χ0n) is 7.71. The van der Waals surface area contributed by atoms with Gasteiger partial charge in [0.05, 0.1) is 12.0 Å². The fourth-order valence-corrected chi connectivity index (χ4v) is 1.63. The summed E-state index contributed by atoms with van der Waals surface area (Å²) < 4.78 is 5.04. The van der Waals surface area contributed by atoms with Gasteiger partial charge in [-0.3, -0.25) is 4.79 Å². The van der Waals surface area contributed by atoms with Gasteiger partial charge >= 0.3 is 5.97 Å². The molecule has 0 spiro atoms. The molecule has 2 nitrogen and oxygen atoms in total. The minimum absolute atomic E-state index is 0.0443. The van der Waals surface area contributed by atoms with Crippen LogP contribution in [0.15, 0.2) is 0 Å². The van der Waals surface area contributed by atoms with Crippen molar-refractivity contribution in [2.75, 3.05) is 0 Å². The Morgan fingerprint density at radius 2 is 2.00 bits per heavy atom. The van der Waals surface area contributed by atoms with Crippen molar-refractivity contribution < 1.29 is 9.53 Å². The van der Waals surface area contributed by atoms with Crippen LogP contribution in [0.25, 0.3) is 0 Å². The third-order valence-corrected chi connectivity index (χ3v) is 2.26. The molecular formula is C10H17O2. The van der Waals surface area contributed by atoms with E-state index >= 15 is 0 Å². The molecule has 0 bridgehead atoms. The second kappa shape index (κ2) is 4.48. The first kappa shape index (κ1) is 9.56. The number of ether oxygens (including phenoxy) is 1. The Bertz CT molecular complexity index is 146. The van der Waals surface area contributed by atoms with E-state index in [0.717, 1.165) is 12.8 Å². The summed E-state index contributed by atoms with van der Waals surface area (Å²) in [7, 11) is 0. The molecule has 0 aliphatic heterocycles. The zero-order valence-corrected chi connectivity index (χ0v) is 7.71. The van der Waals surface area contributed by atoms with Gasteiger partial charge in [-0.1, -0.05) is 19.3 Å². The number of rotatable bonds is 2. The molecule has 1 saturated carbocycles. The summed E-state index contributed by atoms with van der Waals surface area (Å²) in [5.41, 5.74) is 0. The van der Waals surface area contributed by atoms with Gasteiger partial charge in [0.1, 0.15) is 0 Å². The molecule has 0 heterocycles. The number of hydrogen-bond donors (Lipinski definition) is 0. The zero-order chi connectivity index (χ0) is 8.97. The highest BCUT2D eigenvalue weighted by Crippen LogP contribution is 2.24. The normalized spacial score (nSPS) is 19.6. The smallest absolute Gasteiger partial charge is 0.309 e. The highest BCUT2D eigenvalue weighted by molar-refractivity contribution is 5.72. The molecule has 2 heteroatoms. The van der Waals surface area contributed by atoms with E-state index in [2.05, 4.69) is 6.92 Å². The molecule has 1 rings (SSSR count). The van der Waals surface area contributed by atoms with E-state index in [1.165, 1.54) is 19.3 Å². The Kier molecular flexibility index (Phi) is 3.57. The summed E-state index contributed by atoms with van der Waals surface area (Å²) in [5.74, 6) is 0.111. The average Bonchev–Trinajstić information content (AvgIpc) is 2.05. The first-order chi connectivity index (χ1) is 5.70. The van der Waals surface area contributed by atoms with E-state index in [4.69, 9.17) is 4.74 Å². The lowest BCUT2D eigenvalue weighted by Crippen LogP contribution is -2.23. The van der Waals surface area contributed by atoms with Crippen LogP contribution in [-0.2, 0) is 9.53 Å². The number of carbonyl (C=O) groups is 1. The monoisotopic (exact) mass is 169 g/mol. The number of esters is 1. The number of carbonyl (C=O) groups excluding carboxylic acids is 1. The summed E-state index contributed by atoms with van der Waals surface area (Å²) in [6.45, 7) is 5.42. The van der Waals surface area contributed by atoms with Crippen molar-refractivity contribution >= 4 is 5.97 Å². The van der Waals surface area contributed by atoms with Crippen LogP contribution in [0.3, 0.4) is 0 Å². The van der Waals surface area contributed by atoms with Gasteiger partial charge in [-0.2, -0.15) is 0 Å². The van der Waals surface area contributed by atoms with E-state index in [0.29, 0.717) is 0 Å². The molecule has 69 valence electrons. The van der Waals surface area contributed by atoms with Crippen LogP contribution in [0.5, 0.6) is 0 Å².